The van der Waals surface area contributed by atoms with Crippen molar-refractivity contribution < 1.29 is 17.2 Å². The predicted octanol–water partition coefficient (Wildman–Crippen LogP) is 2.28. The van der Waals surface area contributed by atoms with Gasteiger partial charge in [-0.25, -0.2) is 17.2 Å². The van der Waals surface area contributed by atoms with E-state index in [4.69, 9.17) is 11.0 Å². The number of nitrogens with one attached hydrogen (secondary N) is 1. The number of nitrogens with zero attached hydrogens (tertiary/aromatic N) is 1. The molecule has 0 saturated carbocycles. The van der Waals surface area contributed by atoms with E-state index in [2.05, 4.69) is 4.72 Å². The smallest absolute Gasteiger partial charge is 0.265 e. The van der Waals surface area contributed by atoms with Gasteiger partial charge in [0.2, 0.25) is 0 Å². The van der Waals surface area contributed by atoms with E-state index in [0.717, 1.165) is 11.3 Å². The van der Waals surface area contributed by atoms with Gasteiger partial charge >= 0.3 is 0 Å². The molecule has 2 aromatic rings. The highest BCUT2D eigenvalue weighted by atomic mass is 32.2. The average Bonchev–Trinajstić information content (AvgIpc) is 2.80. The summed E-state index contributed by atoms with van der Waals surface area (Å²) in [6, 6.07) is 4.28. The molecular formula is C11H7F2N3O2S2. The lowest BCUT2D eigenvalue weighted by molar-refractivity contribution is 0.553. The number of hydrogen-bond donors (Lipinski definition) is 2. The van der Waals surface area contributed by atoms with Crippen molar-refractivity contribution in [3.05, 3.63) is 40.8 Å². The van der Waals surface area contributed by atoms with Crippen molar-refractivity contribution in [3.8, 4) is 6.07 Å². The van der Waals surface area contributed by atoms with E-state index in [1.54, 1.807) is 6.07 Å². The SMILES string of the molecule is N#Cc1ccsc1NS(=O)(=O)c1cc(N)c(F)cc1F. The van der Waals surface area contributed by atoms with Crippen LogP contribution in [0, 0.1) is 23.0 Å². The maximum absolute atomic E-state index is 13.6. The van der Waals surface area contributed by atoms with Crippen LogP contribution in [0.5, 0.6) is 0 Å². The number of nitrogens with two attached hydrogens (primary N) is 1. The number of thiophene rings is 1. The van der Waals surface area contributed by atoms with E-state index in [1.165, 1.54) is 11.4 Å². The number of nitriles is 1. The third kappa shape index (κ3) is 2.56. The first kappa shape index (κ1) is 14.2. The molecule has 0 saturated heterocycles. The van der Waals surface area contributed by atoms with Gasteiger partial charge in [0.05, 0.1) is 11.3 Å². The Hall–Kier alpha value is -2.18. The van der Waals surface area contributed by atoms with Crippen LogP contribution in [0.1, 0.15) is 5.56 Å². The zero-order valence-corrected chi connectivity index (χ0v) is 11.4. The van der Waals surface area contributed by atoms with Crippen molar-refractivity contribution in [2.75, 3.05) is 10.5 Å². The van der Waals surface area contributed by atoms with E-state index >= 15 is 0 Å². The van der Waals surface area contributed by atoms with Gasteiger partial charge in [-0.15, -0.1) is 11.3 Å². The van der Waals surface area contributed by atoms with Crippen molar-refractivity contribution in [2.24, 2.45) is 0 Å². The maximum Gasteiger partial charge on any atom is 0.265 e. The fourth-order valence-electron chi connectivity index (χ4n) is 1.40. The van der Waals surface area contributed by atoms with E-state index in [9.17, 15) is 17.2 Å². The molecule has 0 spiro atoms. The van der Waals surface area contributed by atoms with Gasteiger partial charge in [0, 0.05) is 6.07 Å². The van der Waals surface area contributed by atoms with E-state index in [0.29, 0.717) is 12.1 Å². The zero-order valence-electron chi connectivity index (χ0n) is 9.72. The molecule has 104 valence electrons. The zero-order chi connectivity index (χ0) is 14.9. The summed E-state index contributed by atoms with van der Waals surface area (Å²) in [5.41, 5.74) is 4.85. The standard InChI is InChI=1S/C11H7F2N3O2S2/c12-7-3-8(13)10(4-9(7)15)20(17,18)16-11-6(5-14)1-2-19-11/h1-4,16H,15H2. The highest BCUT2D eigenvalue weighted by Gasteiger charge is 2.23. The van der Waals surface area contributed by atoms with Gasteiger partial charge in [0.1, 0.15) is 27.6 Å². The number of hydrogen-bond acceptors (Lipinski definition) is 5. The van der Waals surface area contributed by atoms with Gasteiger partial charge in [0.15, 0.2) is 0 Å². The Kier molecular flexibility index (Phi) is 3.61. The Balaban J connectivity index is 2.47. The predicted molar refractivity (Wildman–Crippen MR) is 70.6 cm³/mol. The first-order valence-electron chi connectivity index (χ1n) is 5.10. The quantitative estimate of drug-likeness (QED) is 0.849. The van der Waals surface area contributed by atoms with Crippen LogP contribution in [0.4, 0.5) is 19.5 Å². The molecule has 0 aliphatic heterocycles. The average molecular weight is 315 g/mol. The van der Waals surface area contributed by atoms with E-state index < -0.39 is 32.2 Å². The molecule has 1 heterocycles. The van der Waals surface area contributed by atoms with Crippen molar-refractivity contribution in [1.29, 1.82) is 5.26 Å². The number of nitrogen functional groups attached to an aromatic ring is 1. The third-order valence-electron chi connectivity index (χ3n) is 2.35. The van der Waals surface area contributed by atoms with Crippen LogP contribution >= 0.6 is 11.3 Å². The van der Waals surface area contributed by atoms with Crippen molar-refractivity contribution in [3.63, 3.8) is 0 Å². The van der Waals surface area contributed by atoms with Crippen molar-refractivity contribution in [2.45, 2.75) is 4.90 Å². The van der Waals surface area contributed by atoms with Crippen molar-refractivity contribution in [1.82, 2.24) is 0 Å². The molecule has 1 aromatic heterocycles. The van der Waals surface area contributed by atoms with E-state index in [-0.39, 0.29) is 10.6 Å². The van der Waals surface area contributed by atoms with Gasteiger partial charge < -0.3 is 5.73 Å². The molecule has 0 fully saturated rings. The summed E-state index contributed by atoms with van der Waals surface area (Å²) in [6.07, 6.45) is 0. The monoisotopic (exact) mass is 315 g/mol. The normalized spacial score (nSPS) is 11.1. The number of halogens is 2. The lowest BCUT2D eigenvalue weighted by atomic mass is 10.3. The van der Waals surface area contributed by atoms with Crippen LogP contribution in [-0.2, 0) is 10.0 Å². The summed E-state index contributed by atoms with van der Waals surface area (Å²) in [6.45, 7) is 0. The number of anilines is 2. The lowest BCUT2D eigenvalue weighted by Gasteiger charge is -2.08. The van der Waals surface area contributed by atoms with Crippen LogP contribution in [0.3, 0.4) is 0 Å². The summed E-state index contributed by atoms with van der Waals surface area (Å²) >= 11 is 0.968. The Bertz CT molecular complexity index is 810. The second-order valence-electron chi connectivity index (χ2n) is 3.68. The minimum atomic E-state index is -4.30. The van der Waals surface area contributed by atoms with Gasteiger partial charge in [-0.2, -0.15) is 5.26 Å². The molecule has 9 heteroatoms. The number of rotatable bonds is 3. The molecule has 0 aliphatic carbocycles. The molecule has 20 heavy (non-hydrogen) atoms. The number of benzene rings is 1. The van der Waals surface area contributed by atoms with Crippen LogP contribution in [-0.4, -0.2) is 8.42 Å². The van der Waals surface area contributed by atoms with Crippen LogP contribution < -0.4 is 10.5 Å². The van der Waals surface area contributed by atoms with E-state index in [1.807, 2.05) is 0 Å². The number of sulfonamides is 1. The molecule has 0 aliphatic rings. The summed E-state index contributed by atoms with van der Waals surface area (Å²) < 4.78 is 52.7. The minimum Gasteiger partial charge on any atom is -0.396 e. The molecule has 1 aromatic carbocycles. The molecule has 5 nitrogen and oxygen atoms in total. The van der Waals surface area contributed by atoms with Gasteiger partial charge in [-0.1, -0.05) is 0 Å². The Morgan fingerprint density at radius 2 is 2.00 bits per heavy atom. The van der Waals surface area contributed by atoms with Gasteiger partial charge in [-0.05, 0) is 17.5 Å². The molecule has 0 unspecified atom stereocenters. The lowest BCUT2D eigenvalue weighted by Crippen LogP contribution is -2.15. The Labute approximate surface area is 117 Å². The molecule has 0 atom stereocenters. The second-order valence-corrected chi connectivity index (χ2v) is 6.25. The summed E-state index contributed by atoms with van der Waals surface area (Å²) in [5, 5.41) is 10.3. The summed E-state index contributed by atoms with van der Waals surface area (Å²) in [7, 11) is -4.30. The largest absolute Gasteiger partial charge is 0.396 e. The molecule has 0 bridgehead atoms. The second kappa shape index (κ2) is 5.07. The maximum atomic E-state index is 13.6. The highest BCUT2D eigenvalue weighted by Crippen LogP contribution is 2.27. The van der Waals surface area contributed by atoms with Gasteiger partial charge in [-0.3, -0.25) is 4.72 Å². The minimum absolute atomic E-state index is 0.0507. The fraction of sp³-hybridized carbons (Fsp3) is 0. The first-order valence-corrected chi connectivity index (χ1v) is 7.46. The first-order chi connectivity index (χ1) is 9.35. The molecule has 2 rings (SSSR count). The topological polar surface area (TPSA) is 96.0 Å². The van der Waals surface area contributed by atoms with Crippen LogP contribution in [0.25, 0.3) is 0 Å². The molecule has 0 amide bonds. The summed E-state index contributed by atoms with van der Waals surface area (Å²) in [5.74, 6) is -2.31. The Morgan fingerprint density at radius 3 is 2.65 bits per heavy atom. The molecule has 0 radical (unpaired) electrons. The Morgan fingerprint density at radius 1 is 1.30 bits per heavy atom. The molecule has 3 N–H and O–H groups in total. The van der Waals surface area contributed by atoms with Crippen molar-refractivity contribution >= 4 is 32.0 Å². The van der Waals surface area contributed by atoms with Gasteiger partial charge in [0.25, 0.3) is 10.0 Å². The highest BCUT2D eigenvalue weighted by molar-refractivity contribution is 7.93. The third-order valence-corrected chi connectivity index (χ3v) is 4.68. The molecular weight excluding hydrogens is 308 g/mol. The summed E-state index contributed by atoms with van der Waals surface area (Å²) in [4.78, 5) is -0.784. The fourth-order valence-corrected chi connectivity index (χ4v) is 3.57. The van der Waals surface area contributed by atoms with Crippen LogP contribution in [0.15, 0.2) is 28.5 Å². The van der Waals surface area contributed by atoms with Crippen LogP contribution in [0.2, 0.25) is 0 Å².